The lowest BCUT2D eigenvalue weighted by molar-refractivity contribution is -0.148. The second-order valence-corrected chi connectivity index (χ2v) is 9.32. The number of benzene rings is 1. The average molecular weight is 451 g/mol. The van der Waals surface area contributed by atoms with E-state index in [1.807, 2.05) is 31.2 Å². The fourth-order valence-electron chi connectivity index (χ4n) is 5.84. The smallest absolute Gasteiger partial charge is 0.244 e. The first-order valence-electron chi connectivity index (χ1n) is 11.6. The van der Waals surface area contributed by atoms with E-state index in [4.69, 9.17) is 9.15 Å². The second kappa shape index (κ2) is 9.57. The Balaban J connectivity index is 1.60. The Hall–Kier alpha value is -2.83. The van der Waals surface area contributed by atoms with E-state index in [0.717, 1.165) is 62.2 Å². The van der Waals surface area contributed by atoms with E-state index in [2.05, 4.69) is 22.9 Å². The van der Waals surface area contributed by atoms with Crippen LogP contribution in [0.4, 0.5) is 0 Å². The summed E-state index contributed by atoms with van der Waals surface area (Å²) in [6.45, 7) is 8.31. The minimum atomic E-state index is -0.396. The highest BCUT2D eigenvalue weighted by atomic mass is 16.5. The van der Waals surface area contributed by atoms with Crippen molar-refractivity contribution in [1.29, 1.82) is 0 Å². The van der Waals surface area contributed by atoms with Gasteiger partial charge in [0.1, 0.15) is 11.5 Å². The molecule has 1 aromatic carbocycles. The third-order valence-corrected chi connectivity index (χ3v) is 7.53. The third-order valence-electron chi connectivity index (χ3n) is 7.53. The molecule has 33 heavy (non-hydrogen) atoms. The molecule has 3 atom stereocenters. The van der Waals surface area contributed by atoms with Crippen molar-refractivity contribution in [1.82, 2.24) is 10.2 Å². The zero-order chi connectivity index (χ0) is 23.5. The lowest BCUT2D eigenvalue weighted by atomic mass is 9.55. The summed E-state index contributed by atoms with van der Waals surface area (Å²) in [5.74, 6) is 0.932. The molecule has 2 heterocycles. The number of rotatable bonds is 7. The molecule has 2 N–H and O–H groups in total. The molecule has 6 nitrogen and oxygen atoms in total. The summed E-state index contributed by atoms with van der Waals surface area (Å²) < 4.78 is 11.6. The number of aryl methyl sites for hydroxylation is 1. The van der Waals surface area contributed by atoms with Crippen molar-refractivity contribution in [2.24, 2.45) is 0 Å². The maximum absolute atomic E-state index is 12.7. The topological polar surface area (TPSA) is 74.9 Å². The number of methoxy groups -OCH3 is 1. The van der Waals surface area contributed by atoms with Crippen LogP contribution in [0.2, 0.25) is 0 Å². The molecule has 1 amide bonds. The Morgan fingerprint density at radius 3 is 2.94 bits per heavy atom. The van der Waals surface area contributed by atoms with E-state index in [1.54, 1.807) is 31.6 Å². The number of nitrogens with zero attached hydrogens (tertiary/aromatic N) is 1. The Morgan fingerprint density at radius 2 is 2.24 bits per heavy atom. The van der Waals surface area contributed by atoms with Crippen LogP contribution in [0.3, 0.4) is 0 Å². The number of fused-ring (bicyclic) bond motifs is 1. The Labute approximate surface area is 195 Å². The van der Waals surface area contributed by atoms with Gasteiger partial charge in [-0.1, -0.05) is 18.2 Å². The molecule has 6 heteroatoms. The van der Waals surface area contributed by atoms with Crippen LogP contribution in [0.1, 0.15) is 42.6 Å². The minimum Gasteiger partial charge on any atom is -0.508 e. The average Bonchev–Trinajstić information content (AvgIpc) is 3.22. The fourth-order valence-corrected chi connectivity index (χ4v) is 5.84. The summed E-state index contributed by atoms with van der Waals surface area (Å²) in [6.07, 6.45) is 10.2. The second-order valence-electron chi connectivity index (χ2n) is 9.32. The van der Waals surface area contributed by atoms with Gasteiger partial charge in [0.25, 0.3) is 0 Å². The molecule has 2 aliphatic rings. The summed E-state index contributed by atoms with van der Waals surface area (Å²) in [5, 5.41) is 13.5. The van der Waals surface area contributed by atoms with Crippen molar-refractivity contribution in [3.05, 3.63) is 72.2 Å². The number of amides is 1. The van der Waals surface area contributed by atoms with Gasteiger partial charge >= 0.3 is 0 Å². The Kier molecular flexibility index (Phi) is 6.77. The van der Waals surface area contributed by atoms with Gasteiger partial charge in [-0.3, -0.25) is 9.69 Å². The standard InChI is InChI=1S/C27H34N2O4/c1-4-14-29-15-13-26(22-6-5-7-24(30)17-22)18-23(10-12-27(26,19-29)32-3)28-25(31)9-8-21-11-16-33-20(21)2/h4-9,11,16-17,23,30H,1,10,12-15,18-19H2,2-3H3,(H,28,31)/t23-,26-,27-/m0/s1. The number of hydrogen-bond acceptors (Lipinski definition) is 5. The number of hydrogen-bond donors (Lipinski definition) is 2. The van der Waals surface area contributed by atoms with Crippen molar-refractivity contribution in [2.75, 3.05) is 26.7 Å². The van der Waals surface area contributed by atoms with E-state index in [9.17, 15) is 9.90 Å². The highest BCUT2D eigenvalue weighted by Crippen LogP contribution is 2.53. The highest BCUT2D eigenvalue weighted by Gasteiger charge is 2.58. The summed E-state index contributed by atoms with van der Waals surface area (Å²) in [4.78, 5) is 15.1. The molecule has 1 aliphatic heterocycles. The zero-order valence-corrected chi connectivity index (χ0v) is 19.5. The maximum atomic E-state index is 12.7. The molecule has 0 unspecified atom stereocenters. The first-order chi connectivity index (χ1) is 15.9. The normalized spacial score (nSPS) is 27.9. The van der Waals surface area contributed by atoms with E-state index in [0.29, 0.717) is 0 Å². The van der Waals surface area contributed by atoms with Gasteiger partial charge in [-0.25, -0.2) is 0 Å². The van der Waals surface area contributed by atoms with Crippen LogP contribution in [-0.2, 0) is 14.9 Å². The molecule has 2 fully saturated rings. The van der Waals surface area contributed by atoms with Gasteiger partial charge in [0, 0.05) is 43.3 Å². The van der Waals surface area contributed by atoms with Crippen LogP contribution >= 0.6 is 0 Å². The van der Waals surface area contributed by atoms with Crippen LogP contribution < -0.4 is 5.32 Å². The molecular formula is C27H34N2O4. The van der Waals surface area contributed by atoms with Crippen LogP contribution in [0.15, 0.2) is 59.7 Å². The summed E-state index contributed by atoms with van der Waals surface area (Å²) in [7, 11) is 1.80. The van der Waals surface area contributed by atoms with Crippen molar-refractivity contribution in [3.63, 3.8) is 0 Å². The molecule has 0 bridgehead atoms. The monoisotopic (exact) mass is 450 g/mol. The molecule has 176 valence electrons. The molecule has 1 aliphatic carbocycles. The number of phenols is 1. The summed E-state index contributed by atoms with van der Waals surface area (Å²) >= 11 is 0. The number of ether oxygens (including phenoxy) is 1. The maximum Gasteiger partial charge on any atom is 0.244 e. The molecule has 4 rings (SSSR count). The van der Waals surface area contributed by atoms with E-state index in [1.165, 1.54) is 0 Å². The fraction of sp³-hybridized carbons (Fsp3) is 0.444. The van der Waals surface area contributed by atoms with Crippen LogP contribution in [0.25, 0.3) is 6.08 Å². The third kappa shape index (κ3) is 4.50. The number of likely N-dealkylation sites (tertiary alicyclic amines) is 1. The predicted octanol–water partition coefficient (Wildman–Crippen LogP) is 4.19. The summed E-state index contributed by atoms with van der Waals surface area (Å²) in [6, 6.07) is 9.41. The number of furan rings is 1. The molecule has 1 saturated heterocycles. The number of carbonyl (C=O) groups excluding carboxylic acids is 1. The lowest BCUT2D eigenvalue weighted by Gasteiger charge is -2.59. The molecule has 2 aromatic rings. The predicted molar refractivity (Wildman–Crippen MR) is 129 cm³/mol. The molecule has 0 radical (unpaired) electrons. The van der Waals surface area contributed by atoms with Gasteiger partial charge in [0.05, 0.1) is 11.9 Å². The molecule has 0 spiro atoms. The molecular weight excluding hydrogens is 416 g/mol. The van der Waals surface area contributed by atoms with Crippen molar-refractivity contribution in [3.8, 4) is 5.75 Å². The van der Waals surface area contributed by atoms with Crippen LogP contribution in [0, 0.1) is 6.92 Å². The number of nitrogens with one attached hydrogen (secondary N) is 1. The number of piperidine rings is 1. The first-order valence-corrected chi connectivity index (χ1v) is 11.6. The lowest BCUT2D eigenvalue weighted by Crippen LogP contribution is -2.67. The van der Waals surface area contributed by atoms with Crippen LogP contribution in [0.5, 0.6) is 5.75 Å². The SMILES string of the molecule is C=CCN1CC[C@@]2(c3cccc(O)c3)C[C@@H](NC(=O)C=Cc3ccoc3C)CC[C@]2(OC)C1. The van der Waals surface area contributed by atoms with Crippen molar-refractivity contribution in [2.45, 2.75) is 49.7 Å². The van der Waals surface area contributed by atoms with E-state index >= 15 is 0 Å². The zero-order valence-electron chi connectivity index (χ0n) is 19.5. The van der Waals surface area contributed by atoms with Crippen molar-refractivity contribution < 1.29 is 19.1 Å². The minimum absolute atomic E-state index is 0.0178. The van der Waals surface area contributed by atoms with Gasteiger partial charge < -0.3 is 19.6 Å². The van der Waals surface area contributed by atoms with Gasteiger partial charge in [0.2, 0.25) is 5.91 Å². The number of aromatic hydroxyl groups is 1. The Bertz CT molecular complexity index is 1030. The van der Waals surface area contributed by atoms with Gasteiger partial charge in [-0.15, -0.1) is 6.58 Å². The van der Waals surface area contributed by atoms with E-state index < -0.39 is 5.60 Å². The number of carbonyl (C=O) groups is 1. The highest BCUT2D eigenvalue weighted by molar-refractivity contribution is 5.92. The largest absolute Gasteiger partial charge is 0.508 e. The number of phenolic OH excluding ortho intramolecular Hbond substituents is 1. The molecule has 1 aromatic heterocycles. The van der Waals surface area contributed by atoms with Gasteiger partial charge in [0.15, 0.2) is 0 Å². The van der Waals surface area contributed by atoms with Crippen molar-refractivity contribution >= 4 is 12.0 Å². The first kappa shape index (κ1) is 23.3. The van der Waals surface area contributed by atoms with E-state index in [-0.39, 0.29) is 23.1 Å². The van der Waals surface area contributed by atoms with Gasteiger partial charge in [-0.05, 0) is 69.0 Å². The van der Waals surface area contributed by atoms with Gasteiger partial charge in [-0.2, -0.15) is 0 Å². The van der Waals surface area contributed by atoms with Crippen LogP contribution in [-0.4, -0.2) is 54.3 Å². The Morgan fingerprint density at radius 1 is 1.39 bits per heavy atom. The molecule has 1 saturated carbocycles. The quantitative estimate of drug-likeness (QED) is 0.489. The summed E-state index contributed by atoms with van der Waals surface area (Å²) in [5.41, 5.74) is 1.27.